The Morgan fingerprint density at radius 2 is 1.93 bits per heavy atom. The molecule has 1 aromatic carbocycles. The molecule has 0 aliphatic carbocycles. The maximum atomic E-state index is 8.68. The maximum absolute atomic E-state index is 8.68. The van der Waals surface area contributed by atoms with E-state index in [1.165, 1.54) is 0 Å². The van der Waals surface area contributed by atoms with Gasteiger partial charge in [0.25, 0.3) is 0 Å². The monoisotopic (exact) mass is 196 g/mol. The molecule has 1 aromatic heterocycles. The normalized spacial score (nSPS) is 9.93. The first-order valence-corrected chi connectivity index (χ1v) is 4.67. The third-order valence-electron chi connectivity index (χ3n) is 2.17. The lowest BCUT2D eigenvalue weighted by Gasteiger charge is -2.03. The second kappa shape index (κ2) is 3.58. The Morgan fingerprint density at radius 1 is 1.27 bits per heavy atom. The average molecular weight is 196 g/mol. The maximum Gasteiger partial charge on any atom is 0.0991 e. The van der Waals surface area contributed by atoms with Crippen LogP contribution in [0.2, 0.25) is 0 Å². The summed E-state index contributed by atoms with van der Waals surface area (Å²) in [6, 6.07) is 12.5. The van der Waals surface area contributed by atoms with Crippen LogP contribution in [0.25, 0.3) is 5.69 Å². The molecule has 0 bridgehead atoms. The SMILES string of the molecule is Cc1[c]c(C)n(-c2ccc(C#N)cc2)n1. The molecule has 0 spiro atoms. The minimum Gasteiger partial charge on any atom is -0.237 e. The van der Waals surface area contributed by atoms with Gasteiger partial charge in [0.15, 0.2) is 0 Å². The summed E-state index contributed by atoms with van der Waals surface area (Å²) in [4.78, 5) is 0. The van der Waals surface area contributed by atoms with Gasteiger partial charge in [-0.25, -0.2) is 4.68 Å². The van der Waals surface area contributed by atoms with Crippen molar-refractivity contribution in [2.75, 3.05) is 0 Å². The summed E-state index contributed by atoms with van der Waals surface area (Å²) in [5, 5.41) is 13.0. The van der Waals surface area contributed by atoms with Crippen molar-refractivity contribution in [2.45, 2.75) is 13.8 Å². The third kappa shape index (κ3) is 1.75. The lowest BCUT2D eigenvalue weighted by molar-refractivity contribution is 0.833. The van der Waals surface area contributed by atoms with E-state index in [9.17, 15) is 0 Å². The van der Waals surface area contributed by atoms with Crippen molar-refractivity contribution in [3.8, 4) is 11.8 Å². The fourth-order valence-corrected chi connectivity index (χ4v) is 1.49. The average Bonchev–Trinajstić information content (AvgIpc) is 2.58. The number of nitriles is 1. The molecule has 1 heterocycles. The molecule has 0 saturated carbocycles. The summed E-state index contributed by atoms with van der Waals surface area (Å²) in [7, 11) is 0. The van der Waals surface area contributed by atoms with Gasteiger partial charge in [-0.2, -0.15) is 10.4 Å². The van der Waals surface area contributed by atoms with Crippen molar-refractivity contribution < 1.29 is 0 Å². The molecule has 2 aromatic rings. The lowest BCUT2D eigenvalue weighted by atomic mass is 10.2. The zero-order valence-corrected chi connectivity index (χ0v) is 8.65. The van der Waals surface area contributed by atoms with Crippen molar-refractivity contribution >= 4 is 0 Å². The molecule has 3 nitrogen and oxygen atoms in total. The summed E-state index contributed by atoms with van der Waals surface area (Å²) < 4.78 is 1.82. The molecule has 0 amide bonds. The molecular formula is C12H10N3. The topological polar surface area (TPSA) is 41.6 Å². The molecule has 15 heavy (non-hydrogen) atoms. The number of benzene rings is 1. The Morgan fingerprint density at radius 3 is 2.40 bits per heavy atom. The van der Waals surface area contributed by atoms with Crippen LogP contribution in [0.5, 0.6) is 0 Å². The molecule has 2 rings (SSSR count). The Balaban J connectivity index is 2.46. The number of rotatable bonds is 1. The fraction of sp³-hybridized carbons (Fsp3) is 0.167. The van der Waals surface area contributed by atoms with Gasteiger partial charge in [-0.3, -0.25) is 0 Å². The number of hydrogen-bond acceptors (Lipinski definition) is 2. The van der Waals surface area contributed by atoms with E-state index < -0.39 is 0 Å². The molecule has 0 saturated heterocycles. The first-order chi connectivity index (χ1) is 7.20. The predicted octanol–water partition coefficient (Wildman–Crippen LogP) is 2.16. The highest BCUT2D eigenvalue weighted by Gasteiger charge is 2.03. The van der Waals surface area contributed by atoms with Gasteiger partial charge >= 0.3 is 0 Å². The molecule has 73 valence electrons. The van der Waals surface area contributed by atoms with E-state index >= 15 is 0 Å². The second-order valence-electron chi connectivity index (χ2n) is 3.37. The van der Waals surface area contributed by atoms with Gasteiger partial charge in [0, 0.05) is 11.8 Å². The summed E-state index contributed by atoms with van der Waals surface area (Å²) in [6.45, 7) is 3.87. The summed E-state index contributed by atoms with van der Waals surface area (Å²) in [5.41, 5.74) is 3.45. The minimum atomic E-state index is 0.657. The number of hydrogen-bond donors (Lipinski definition) is 0. The Labute approximate surface area is 88.6 Å². The van der Waals surface area contributed by atoms with Gasteiger partial charge < -0.3 is 0 Å². The molecular weight excluding hydrogens is 186 g/mol. The number of aryl methyl sites for hydroxylation is 2. The molecule has 0 aliphatic heterocycles. The van der Waals surface area contributed by atoms with Crippen LogP contribution in [0.4, 0.5) is 0 Å². The van der Waals surface area contributed by atoms with E-state index in [1.807, 2.05) is 30.7 Å². The van der Waals surface area contributed by atoms with Crippen molar-refractivity contribution in [1.82, 2.24) is 9.78 Å². The van der Waals surface area contributed by atoms with E-state index in [2.05, 4.69) is 17.2 Å². The Hall–Kier alpha value is -2.08. The molecule has 0 aliphatic rings. The van der Waals surface area contributed by atoms with Crippen LogP contribution >= 0.6 is 0 Å². The van der Waals surface area contributed by atoms with Crippen molar-refractivity contribution in [3.05, 3.63) is 47.3 Å². The quantitative estimate of drug-likeness (QED) is 0.701. The largest absolute Gasteiger partial charge is 0.237 e. The number of nitrogens with zero attached hydrogens (tertiary/aromatic N) is 3. The highest BCUT2D eigenvalue weighted by molar-refractivity contribution is 5.39. The standard InChI is InChI=1S/C12H10N3/c1-9-7-10(2)15(14-9)12-5-3-11(8-13)4-6-12/h3-6H,1-2H3. The van der Waals surface area contributed by atoms with E-state index in [4.69, 9.17) is 5.26 Å². The summed E-state index contributed by atoms with van der Waals surface area (Å²) in [5.74, 6) is 0. The number of aromatic nitrogens is 2. The predicted molar refractivity (Wildman–Crippen MR) is 56.6 cm³/mol. The third-order valence-corrected chi connectivity index (χ3v) is 2.17. The Bertz CT molecular complexity index is 515. The highest BCUT2D eigenvalue weighted by atomic mass is 15.3. The second-order valence-corrected chi connectivity index (χ2v) is 3.37. The molecule has 0 fully saturated rings. The molecule has 3 heteroatoms. The first-order valence-electron chi connectivity index (χ1n) is 4.67. The lowest BCUT2D eigenvalue weighted by Crippen LogP contribution is -1.98. The van der Waals surface area contributed by atoms with Crippen molar-refractivity contribution in [3.63, 3.8) is 0 Å². The summed E-state index contributed by atoms with van der Waals surface area (Å²) in [6.07, 6.45) is 0. The molecule has 1 radical (unpaired) electrons. The van der Waals surface area contributed by atoms with Crippen LogP contribution in [0.1, 0.15) is 17.0 Å². The molecule has 0 atom stereocenters. The zero-order valence-electron chi connectivity index (χ0n) is 8.65. The smallest absolute Gasteiger partial charge is 0.0991 e. The van der Waals surface area contributed by atoms with Crippen molar-refractivity contribution in [2.24, 2.45) is 0 Å². The van der Waals surface area contributed by atoms with Crippen LogP contribution in [0.3, 0.4) is 0 Å². The van der Waals surface area contributed by atoms with Gasteiger partial charge in [0.05, 0.1) is 23.0 Å². The van der Waals surface area contributed by atoms with Gasteiger partial charge in [-0.1, -0.05) is 0 Å². The van der Waals surface area contributed by atoms with Gasteiger partial charge in [-0.15, -0.1) is 0 Å². The van der Waals surface area contributed by atoms with Gasteiger partial charge in [0.1, 0.15) is 0 Å². The van der Waals surface area contributed by atoms with E-state index in [1.54, 1.807) is 12.1 Å². The van der Waals surface area contributed by atoms with Crippen LogP contribution in [-0.2, 0) is 0 Å². The van der Waals surface area contributed by atoms with Crippen LogP contribution in [0, 0.1) is 31.2 Å². The molecule has 0 unspecified atom stereocenters. The van der Waals surface area contributed by atoms with Crippen LogP contribution < -0.4 is 0 Å². The van der Waals surface area contributed by atoms with Crippen molar-refractivity contribution in [1.29, 1.82) is 5.26 Å². The van der Waals surface area contributed by atoms with E-state index in [0.29, 0.717) is 5.56 Å². The van der Waals surface area contributed by atoms with Crippen LogP contribution in [-0.4, -0.2) is 9.78 Å². The first kappa shape index (κ1) is 9.47. The van der Waals surface area contributed by atoms with Crippen LogP contribution in [0.15, 0.2) is 24.3 Å². The minimum absolute atomic E-state index is 0.657. The van der Waals surface area contributed by atoms with Gasteiger partial charge in [-0.05, 0) is 38.1 Å². The van der Waals surface area contributed by atoms with Gasteiger partial charge in [0.2, 0.25) is 0 Å². The summed E-state index contributed by atoms with van der Waals surface area (Å²) >= 11 is 0. The van der Waals surface area contributed by atoms with E-state index in [0.717, 1.165) is 17.1 Å². The fourth-order valence-electron chi connectivity index (χ4n) is 1.49. The molecule has 0 N–H and O–H groups in total. The van der Waals surface area contributed by atoms with E-state index in [-0.39, 0.29) is 0 Å². The zero-order chi connectivity index (χ0) is 10.8. The highest BCUT2D eigenvalue weighted by Crippen LogP contribution is 2.11. The Kier molecular flexibility index (Phi) is 2.26.